The van der Waals surface area contributed by atoms with Gasteiger partial charge in [-0.05, 0) is 41.5 Å². The van der Waals surface area contributed by atoms with E-state index < -0.39 is 17.7 Å². The largest absolute Gasteiger partial charge is 0.457 e. The third-order valence-corrected chi connectivity index (χ3v) is 1.96. The number of esters is 1. The molecule has 0 aliphatic heterocycles. The number of rotatable bonds is 6. The molecule has 0 fully saturated rings. The average Bonchev–Trinajstić information content (AvgIpc) is 2.14. The van der Waals surface area contributed by atoms with Crippen molar-refractivity contribution in [2.75, 3.05) is 6.61 Å². The van der Waals surface area contributed by atoms with Crippen LogP contribution < -0.4 is 5.73 Å². The summed E-state index contributed by atoms with van der Waals surface area (Å²) in [5.41, 5.74) is 5.55. The van der Waals surface area contributed by atoms with Crippen LogP contribution in [0.15, 0.2) is 11.8 Å². The van der Waals surface area contributed by atoms with Gasteiger partial charge >= 0.3 is 5.97 Å². The van der Waals surface area contributed by atoms with Crippen LogP contribution in [-0.2, 0) is 19.0 Å². The van der Waals surface area contributed by atoms with Gasteiger partial charge < -0.3 is 19.9 Å². The van der Waals surface area contributed by atoms with Gasteiger partial charge in [-0.1, -0.05) is 0 Å². The lowest BCUT2D eigenvalue weighted by atomic mass is 10.2. The Labute approximate surface area is 109 Å². The minimum atomic E-state index is -0.531. The van der Waals surface area contributed by atoms with Crippen molar-refractivity contribution in [3.63, 3.8) is 0 Å². The molecule has 0 saturated heterocycles. The summed E-state index contributed by atoms with van der Waals surface area (Å²) in [5.74, 6) is -0.473. The molecular weight excluding hydrogens is 234 g/mol. The minimum Gasteiger partial charge on any atom is -0.457 e. The molecular formula is C13H25NO4. The Balaban J connectivity index is 4.35. The second kappa shape index (κ2) is 7.38. The molecule has 5 heteroatoms. The molecule has 0 amide bonds. The second-order valence-electron chi connectivity index (χ2n) is 4.98. The summed E-state index contributed by atoms with van der Waals surface area (Å²) in [5, 5.41) is 0. The van der Waals surface area contributed by atoms with Crippen LogP contribution in [0.25, 0.3) is 0 Å². The number of carbonyl (C=O) groups is 1. The first-order chi connectivity index (χ1) is 8.15. The van der Waals surface area contributed by atoms with Crippen molar-refractivity contribution in [3.8, 4) is 0 Å². The minimum absolute atomic E-state index is 0.316. The summed E-state index contributed by atoms with van der Waals surface area (Å²) in [6.45, 7) is 11.4. The van der Waals surface area contributed by atoms with Crippen LogP contribution in [0.1, 0.15) is 41.5 Å². The van der Waals surface area contributed by atoms with E-state index in [1.807, 2.05) is 6.92 Å². The lowest BCUT2D eigenvalue weighted by Gasteiger charge is -2.21. The van der Waals surface area contributed by atoms with Crippen LogP contribution in [0, 0.1) is 0 Å². The first-order valence-electron chi connectivity index (χ1n) is 6.12. The zero-order valence-electron chi connectivity index (χ0n) is 12.1. The summed E-state index contributed by atoms with van der Waals surface area (Å²) in [6, 6.07) is 0. The molecule has 0 aromatic heterocycles. The zero-order chi connectivity index (χ0) is 14.3. The SMILES string of the molecule is CCOC(C)OC(C)/C(N)=C/C(=O)OC(C)(C)C. The predicted molar refractivity (Wildman–Crippen MR) is 69.8 cm³/mol. The molecule has 0 aromatic rings. The van der Waals surface area contributed by atoms with Gasteiger partial charge in [0.05, 0.1) is 6.10 Å². The van der Waals surface area contributed by atoms with Crippen LogP contribution in [0.4, 0.5) is 0 Å². The Morgan fingerprint density at radius 2 is 1.89 bits per heavy atom. The molecule has 2 unspecified atom stereocenters. The fourth-order valence-electron chi connectivity index (χ4n) is 1.22. The van der Waals surface area contributed by atoms with E-state index in [1.54, 1.807) is 34.6 Å². The van der Waals surface area contributed by atoms with Gasteiger partial charge in [0, 0.05) is 18.4 Å². The van der Waals surface area contributed by atoms with E-state index in [0.29, 0.717) is 12.3 Å². The van der Waals surface area contributed by atoms with Crippen molar-refractivity contribution in [1.29, 1.82) is 0 Å². The maximum Gasteiger partial charge on any atom is 0.333 e. The molecule has 5 nitrogen and oxygen atoms in total. The number of hydrogen-bond acceptors (Lipinski definition) is 5. The highest BCUT2D eigenvalue weighted by molar-refractivity contribution is 5.83. The smallest absolute Gasteiger partial charge is 0.333 e. The summed E-state index contributed by atoms with van der Waals surface area (Å²) in [6.07, 6.45) is 0.476. The molecule has 0 rings (SSSR count). The van der Waals surface area contributed by atoms with Crippen LogP contribution in [-0.4, -0.2) is 30.6 Å². The summed E-state index contributed by atoms with van der Waals surface area (Å²) < 4.78 is 15.8. The van der Waals surface area contributed by atoms with Crippen LogP contribution in [0.2, 0.25) is 0 Å². The van der Waals surface area contributed by atoms with Gasteiger partial charge in [0.15, 0.2) is 6.29 Å². The second-order valence-corrected chi connectivity index (χ2v) is 4.98. The molecule has 0 aromatic carbocycles. The van der Waals surface area contributed by atoms with Gasteiger partial charge in [-0.25, -0.2) is 4.79 Å². The van der Waals surface area contributed by atoms with Crippen LogP contribution >= 0.6 is 0 Å². The normalized spacial score (nSPS) is 16.2. The first-order valence-corrected chi connectivity index (χ1v) is 6.12. The summed E-state index contributed by atoms with van der Waals surface area (Å²) in [7, 11) is 0. The molecule has 18 heavy (non-hydrogen) atoms. The molecule has 2 atom stereocenters. The van der Waals surface area contributed by atoms with E-state index in [9.17, 15) is 4.79 Å². The summed E-state index contributed by atoms with van der Waals surface area (Å²) in [4.78, 5) is 11.5. The molecule has 0 radical (unpaired) electrons. The van der Waals surface area contributed by atoms with Crippen LogP contribution in [0.3, 0.4) is 0 Å². The Kier molecular flexibility index (Phi) is 6.94. The van der Waals surface area contributed by atoms with E-state index >= 15 is 0 Å². The molecule has 0 bridgehead atoms. The molecule has 0 spiro atoms. The monoisotopic (exact) mass is 259 g/mol. The first kappa shape index (κ1) is 16.9. The van der Waals surface area contributed by atoms with Gasteiger partial charge in [0.25, 0.3) is 0 Å². The fourth-order valence-corrected chi connectivity index (χ4v) is 1.22. The predicted octanol–water partition coefficient (Wildman–Crippen LogP) is 1.96. The van der Waals surface area contributed by atoms with Crippen molar-refractivity contribution in [2.45, 2.75) is 59.5 Å². The van der Waals surface area contributed by atoms with Crippen molar-refractivity contribution in [3.05, 3.63) is 11.8 Å². The number of hydrogen-bond donors (Lipinski definition) is 1. The highest BCUT2D eigenvalue weighted by Gasteiger charge is 2.17. The maximum atomic E-state index is 11.5. The van der Waals surface area contributed by atoms with Crippen LogP contribution in [0.5, 0.6) is 0 Å². The quantitative estimate of drug-likeness (QED) is 0.448. The standard InChI is InChI=1S/C13H25NO4/c1-7-16-10(3)17-9(2)11(14)8-12(15)18-13(4,5)6/h8-10H,7,14H2,1-6H3/b11-8-. The highest BCUT2D eigenvalue weighted by Crippen LogP contribution is 2.10. The number of nitrogens with two attached hydrogens (primary N) is 1. The van der Waals surface area contributed by atoms with Gasteiger partial charge in [0.1, 0.15) is 5.60 Å². The van der Waals surface area contributed by atoms with Gasteiger partial charge in [-0.15, -0.1) is 0 Å². The Morgan fingerprint density at radius 1 is 1.33 bits per heavy atom. The van der Waals surface area contributed by atoms with Gasteiger partial charge in [-0.3, -0.25) is 0 Å². The topological polar surface area (TPSA) is 70.8 Å². The molecule has 106 valence electrons. The van der Waals surface area contributed by atoms with Crippen molar-refractivity contribution < 1.29 is 19.0 Å². The highest BCUT2D eigenvalue weighted by atomic mass is 16.7. The summed E-state index contributed by atoms with van der Waals surface area (Å²) >= 11 is 0. The van der Waals surface area contributed by atoms with E-state index in [1.165, 1.54) is 6.08 Å². The third kappa shape index (κ3) is 8.08. The third-order valence-electron chi connectivity index (χ3n) is 1.96. The fraction of sp³-hybridized carbons (Fsp3) is 0.769. The average molecular weight is 259 g/mol. The zero-order valence-corrected chi connectivity index (χ0v) is 12.1. The lowest BCUT2D eigenvalue weighted by Crippen LogP contribution is -2.27. The molecule has 0 aliphatic carbocycles. The lowest BCUT2D eigenvalue weighted by molar-refractivity contribution is -0.150. The molecule has 0 heterocycles. The van der Waals surface area contributed by atoms with E-state index in [0.717, 1.165) is 0 Å². The molecule has 0 saturated carbocycles. The van der Waals surface area contributed by atoms with Crippen molar-refractivity contribution >= 4 is 5.97 Å². The maximum absolute atomic E-state index is 11.5. The Morgan fingerprint density at radius 3 is 2.33 bits per heavy atom. The van der Waals surface area contributed by atoms with Crippen molar-refractivity contribution in [2.24, 2.45) is 5.73 Å². The molecule has 0 aliphatic rings. The van der Waals surface area contributed by atoms with E-state index in [2.05, 4.69) is 0 Å². The Hall–Kier alpha value is -1.07. The van der Waals surface area contributed by atoms with Crippen molar-refractivity contribution in [1.82, 2.24) is 0 Å². The van der Waals surface area contributed by atoms with E-state index in [4.69, 9.17) is 19.9 Å². The number of ether oxygens (including phenoxy) is 3. The molecule has 2 N–H and O–H groups in total. The number of carbonyl (C=O) groups excluding carboxylic acids is 1. The van der Waals surface area contributed by atoms with Gasteiger partial charge in [0.2, 0.25) is 0 Å². The van der Waals surface area contributed by atoms with Gasteiger partial charge in [-0.2, -0.15) is 0 Å². The Bertz CT molecular complexity index is 294. The van der Waals surface area contributed by atoms with E-state index in [-0.39, 0.29) is 6.29 Å².